The van der Waals surface area contributed by atoms with Crippen molar-refractivity contribution in [2.75, 3.05) is 16.8 Å². The molecule has 7 heteroatoms. The average molecular weight is 383 g/mol. The van der Waals surface area contributed by atoms with Gasteiger partial charge in [-0.3, -0.25) is 9.59 Å². The number of carbonyl (C=O) groups is 2. The Bertz CT molecular complexity index is 440. The summed E-state index contributed by atoms with van der Waals surface area (Å²) in [6.07, 6.45) is 0. The van der Waals surface area contributed by atoms with Gasteiger partial charge in [0.2, 0.25) is 5.91 Å². The van der Waals surface area contributed by atoms with Gasteiger partial charge in [0.15, 0.2) is 0 Å². The number of halogens is 2. The molecule has 1 rings (SSSR count). The van der Waals surface area contributed by atoms with E-state index in [2.05, 4.69) is 37.2 Å². The second-order valence-corrected chi connectivity index (χ2v) is 5.81. The Labute approximate surface area is 119 Å². The van der Waals surface area contributed by atoms with Gasteiger partial charge in [-0.2, -0.15) is 0 Å². The van der Waals surface area contributed by atoms with Crippen LogP contribution in [0.2, 0.25) is 0 Å². The lowest BCUT2D eigenvalue weighted by atomic mass is 10.3. The largest absolute Gasteiger partial charge is 0.481 e. The maximum absolute atomic E-state index is 11.5. The van der Waals surface area contributed by atoms with Crippen molar-refractivity contribution >= 4 is 61.2 Å². The molecule has 92 valence electrons. The Kier molecular flexibility index (Phi) is 6.01. The molecule has 1 amide bonds. The molecule has 0 saturated heterocycles. The van der Waals surface area contributed by atoms with Crippen LogP contribution in [0.15, 0.2) is 27.1 Å². The van der Waals surface area contributed by atoms with Crippen molar-refractivity contribution in [1.82, 2.24) is 0 Å². The number of anilines is 1. The third-order valence-corrected chi connectivity index (χ3v) is 3.73. The van der Waals surface area contributed by atoms with E-state index < -0.39 is 5.97 Å². The number of benzene rings is 1. The average Bonchev–Trinajstić information content (AvgIpc) is 2.21. The summed E-state index contributed by atoms with van der Waals surface area (Å²) < 4.78 is 1.67. The smallest absolute Gasteiger partial charge is 0.313 e. The zero-order valence-electron chi connectivity index (χ0n) is 8.57. The highest BCUT2D eigenvalue weighted by atomic mass is 79.9. The fourth-order valence-corrected chi connectivity index (χ4v) is 2.69. The number of carboxylic acids is 1. The first-order chi connectivity index (χ1) is 7.99. The maximum Gasteiger partial charge on any atom is 0.313 e. The SMILES string of the molecule is O=C(O)CSCC(=O)Nc1ccc(Br)cc1Br. The summed E-state index contributed by atoms with van der Waals surface area (Å²) in [5.74, 6) is -1.10. The predicted molar refractivity (Wildman–Crippen MR) is 75.4 cm³/mol. The molecule has 0 saturated carbocycles. The minimum atomic E-state index is -0.923. The maximum atomic E-state index is 11.5. The first-order valence-electron chi connectivity index (χ1n) is 4.53. The molecule has 1 aromatic carbocycles. The molecule has 0 aliphatic carbocycles. The van der Waals surface area contributed by atoms with Gasteiger partial charge in [0.05, 0.1) is 17.2 Å². The Morgan fingerprint density at radius 2 is 2.00 bits per heavy atom. The first-order valence-corrected chi connectivity index (χ1v) is 7.27. The highest BCUT2D eigenvalue weighted by Crippen LogP contribution is 2.26. The Morgan fingerprint density at radius 1 is 1.29 bits per heavy atom. The van der Waals surface area contributed by atoms with Crippen LogP contribution in [-0.2, 0) is 9.59 Å². The van der Waals surface area contributed by atoms with E-state index in [-0.39, 0.29) is 17.4 Å². The van der Waals surface area contributed by atoms with E-state index in [0.717, 1.165) is 20.7 Å². The van der Waals surface area contributed by atoms with Crippen LogP contribution in [0.3, 0.4) is 0 Å². The van der Waals surface area contributed by atoms with Crippen molar-refractivity contribution in [2.24, 2.45) is 0 Å². The molecule has 0 unspecified atom stereocenters. The van der Waals surface area contributed by atoms with E-state index in [0.29, 0.717) is 5.69 Å². The van der Waals surface area contributed by atoms with Crippen molar-refractivity contribution in [1.29, 1.82) is 0 Å². The van der Waals surface area contributed by atoms with E-state index in [9.17, 15) is 9.59 Å². The molecule has 0 radical (unpaired) electrons. The number of hydrogen-bond acceptors (Lipinski definition) is 3. The summed E-state index contributed by atoms with van der Waals surface area (Å²) in [6.45, 7) is 0. The zero-order chi connectivity index (χ0) is 12.8. The Balaban J connectivity index is 2.48. The molecule has 0 fully saturated rings. The fourth-order valence-electron chi connectivity index (χ4n) is 1.01. The number of rotatable bonds is 5. The van der Waals surface area contributed by atoms with Crippen LogP contribution >= 0.6 is 43.6 Å². The van der Waals surface area contributed by atoms with Gasteiger partial charge in [0.1, 0.15) is 0 Å². The molecule has 0 atom stereocenters. The van der Waals surface area contributed by atoms with Crippen LogP contribution in [0.25, 0.3) is 0 Å². The van der Waals surface area contributed by atoms with Gasteiger partial charge < -0.3 is 10.4 Å². The van der Waals surface area contributed by atoms with Gasteiger partial charge in [-0.05, 0) is 34.1 Å². The summed E-state index contributed by atoms with van der Waals surface area (Å²) in [4.78, 5) is 21.7. The molecular weight excluding hydrogens is 374 g/mol. The Morgan fingerprint density at radius 3 is 2.59 bits per heavy atom. The lowest BCUT2D eigenvalue weighted by Crippen LogP contribution is -2.15. The second-order valence-electron chi connectivity index (χ2n) is 3.06. The minimum Gasteiger partial charge on any atom is -0.481 e. The van der Waals surface area contributed by atoms with E-state index in [1.54, 1.807) is 6.07 Å². The lowest BCUT2D eigenvalue weighted by Gasteiger charge is -2.07. The number of amides is 1. The van der Waals surface area contributed by atoms with Crippen LogP contribution in [0.1, 0.15) is 0 Å². The van der Waals surface area contributed by atoms with Gasteiger partial charge in [0.25, 0.3) is 0 Å². The number of hydrogen-bond donors (Lipinski definition) is 2. The van der Waals surface area contributed by atoms with Crippen LogP contribution in [0, 0.1) is 0 Å². The van der Waals surface area contributed by atoms with Crippen molar-refractivity contribution in [2.45, 2.75) is 0 Å². The van der Waals surface area contributed by atoms with E-state index in [1.165, 1.54) is 0 Å². The lowest BCUT2D eigenvalue weighted by molar-refractivity contribution is -0.133. The molecule has 2 N–H and O–H groups in total. The molecule has 0 aliphatic heterocycles. The van der Waals surface area contributed by atoms with Crippen LogP contribution in [0.5, 0.6) is 0 Å². The number of aliphatic carboxylic acids is 1. The number of thioether (sulfide) groups is 1. The van der Waals surface area contributed by atoms with Crippen molar-refractivity contribution in [3.8, 4) is 0 Å². The summed E-state index contributed by atoms with van der Waals surface area (Å²) in [6, 6.07) is 5.39. The third-order valence-electron chi connectivity index (χ3n) is 1.66. The number of nitrogens with one attached hydrogen (secondary N) is 1. The highest BCUT2D eigenvalue weighted by Gasteiger charge is 2.07. The highest BCUT2D eigenvalue weighted by molar-refractivity contribution is 9.11. The third kappa shape index (κ3) is 5.56. The first kappa shape index (κ1) is 14.5. The molecule has 0 spiro atoms. The summed E-state index contributed by atoms with van der Waals surface area (Å²) in [5.41, 5.74) is 0.661. The van der Waals surface area contributed by atoms with Gasteiger partial charge in [-0.15, -0.1) is 11.8 Å². The summed E-state index contributed by atoms with van der Waals surface area (Å²) in [5, 5.41) is 11.1. The summed E-state index contributed by atoms with van der Waals surface area (Å²) in [7, 11) is 0. The standard InChI is InChI=1S/C10H9Br2NO3S/c11-6-1-2-8(7(12)3-6)13-9(14)4-17-5-10(15)16/h1-3H,4-5H2,(H,13,14)(H,15,16). The predicted octanol–water partition coefficient (Wildman–Crippen LogP) is 2.97. The van der Waals surface area contributed by atoms with Gasteiger partial charge >= 0.3 is 5.97 Å². The molecule has 0 bridgehead atoms. The molecule has 1 aromatic rings. The van der Waals surface area contributed by atoms with Crippen molar-refractivity contribution < 1.29 is 14.7 Å². The zero-order valence-corrected chi connectivity index (χ0v) is 12.6. The van der Waals surface area contributed by atoms with Crippen LogP contribution in [0.4, 0.5) is 5.69 Å². The monoisotopic (exact) mass is 381 g/mol. The number of carbonyl (C=O) groups excluding carboxylic acids is 1. The van der Waals surface area contributed by atoms with Crippen molar-refractivity contribution in [3.05, 3.63) is 27.1 Å². The summed E-state index contributed by atoms with van der Waals surface area (Å²) >= 11 is 7.69. The van der Waals surface area contributed by atoms with Gasteiger partial charge in [0, 0.05) is 8.95 Å². The fraction of sp³-hybridized carbons (Fsp3) is 0.200. The molecule has 0 aromatic heterocycles. The van der Waals surface area contributed by atoms with E-state index >= 15 is 0 Å². The molecule has 0 heterocycles. The Hall–Kier alpha value is -0.530. The molecule has 4 nitrogen and oxygen atoms in total. The molecule has 0 aliphatic rings. The minimum absolute atomic E-state index is 0.0745. The van der Waals surface area contributed by atoms with E-state index in [1.807, 2.05) is 12.1 Å². The van der Waals surface area contributed by atoms with Gasteiger partial charge in [-0.25, -0.2) is 0 Å². The van der Waals surface area contributed by atoms with Crippen LogP contribution < -0.4 is 5.32 Å². The van der Waals surface area contributed by atoms with Crippen molar-refractivity contribution in [3.63, 3.8) is 0 Å². The van der Waals surface area contributed by atoms with Crippen LogP contribution in [-0.4, -0.2) is 28.5 Å². The topological polar surface area (TPSA) is 66.4 Å². The number of carboxylic acid groups (broad SMARTS) is 1. The quantitative estimate of drug-likeness (QED) is 0.821. The molecule has 17 heavy (non-hydrogen) atoms. The second kappa shape index (κ2) is 7.03. The van der Waals surface area contributed by atoms with E-state index in [4.69, 9.17) is 5.11 Å². The normalized spacial score (nSPS) is 10.0. The van der Waals surface area contributed by atoms with Gasteiger partial charge in [-0.1, -0.05) is 15.9 Å². The molecular formula is C10H9Br2NO3S.